The molecule has 2 nitrogen and oxygen atoms in total. The molecule has 1 aliphatic carbocycles. The van der Waals surface area contributed by atoms with Crippen LogP contribution in [0.5, 0.6) is 0 Å². The second-order valence-corrected chi connectivity index (χ2v) is 3.94. The number of hydrogen-bond acceptors (Lipinski definition) is 2. The van der Waals surface area contributed by atoms with Crippen LogP contribution in [0.25, 0.3) is 0 Å². The maximum atomic E-state index is 6.12. The van der Waals surface area contributed by atoms with Crippen molar-refractivity contribution >= 4 is 0 Å². The second-order valence-electron chi connectivity index (χ2n) is 3.94. The van der Waals surface area contributed by atoms with Crippen molar-refractivity contribution in [2.75, 3.05) is 7.05 Å². The summed E-state index contributed by atoms with van der Waals surface area (Å²) in [5.41, 5.74) is 6.46. The third kappa shape index (κ3) is 0.822. The molecule has 62 valence electrons. The predicted octanol–water partition coefficient (Wildman–Crippen LogP) is 0.942. The minimum Gasteiger partial charge on any atom is -0.373 e. The fourth-order valence-corrected chi connectivity index (χ4v) is 2.07. The van der Waals surface area contributed by atoms with Crippen molar-refractivity contribution in [1.82, 2.24) is 4.90 Å². The van der Waals surface area contributed by atoms with Crippen molar-refractivity contribution in [2.45, 2.75) is 31.3 Å². The zero-order valence-electron chi connectivity index (χ0n) is 7.25. The summed E-state index contributed by atoms with van der Waals surface area (Å²) >= 11 is 0. The van der Waals surface area contributed by atoms with E-state index in [0.29, 0.717) is 17.5 Å². The van der Waals surface area contributed by atoms with Gasteiger partial charge in [-0.1, -0.05) is 13.0 Å². The summed E-state index contributed by atoms with van der Waals surface area (Å²) in [4.78, 5) is 2.29. The van der Waals surface area contributed by atoms with E-state index in [-0.39, 0.29) is 0 Å². The first kappa shape index (κ1) is 7.17. The monoisotopic (exact) mass is 152 g/mol. The maximum Gasteiger partial charge on any atom is 0.0551 e. The molecule has 2 unspecified atom stereocenters. The second kappa shape index (κ2) is 2.01. The normalized spacial score (nSPS) is 39.7. The molecular formula is C9H16N2. The summed E-state index contributed by atoms with van der Waals surface area (Å²) in [6, 6.07) is 0.345. The zero-order valence-corrected chi connectivity index (χ0v) is 7.25. The van der Waals surface area contributed by atoms with Crippen LogP contribution in [0.15, 0.2) is 12.3 Å². The average molecular weight is 152 g/mol. The molecule has 1 fully saturated rings. The summed E-state index contributed by atoms with van der Waals surface area (Å²) in [6.45, 7) is 2.20. The minimum absolute atomic E-state index is 0.341. The van der Waals surface area contributed by atoms with Gasteiger partial charge in [0.1, 0.15) is 0 Å². The standard InChI is InChI=1S/C9H16N2/c1-7-3-6-11(2)9(4-5-9)8(7)10/h3,6-8H,4-5,10H2,1-2H3. The van der Waals surface area contributed by atoms with Crippen molar-refractivity contribution in [2.24, 2.45) is 11.7 Å². The van der Waals surface area contributed by atoms with Gasteiger partial charge < -0.3 is 10.6 Å². The van der Waals surface area contributed by atoms with Gasteiger partial charge in [-0.2, -0.15) is 0 Å². The van der Waals surface area contributed by atoms with Crippen LogP contribution < -0.4 is 5.73 Å². The molecule has 1 spiro atoms. The van der Waals surface area contributed by atoms with E-state index in [1.807, 2.05) is 0 Å². The highest BCUT2D eigenvalue weighted by Crippen LogP contribution is 2.47. The third-order valence-corrected chi connectivity index (χ3v) is 3.26. The first-order valence-electron chi connectivity index (χ1n) is 4.34. The molecule has 2 N–H and O–H groups in total. The summed E-state index contributed by atoms with van der Waals surface area (Å²) < 4.78 is 0. The lowest BCUT2D eigenvalue weighted by Gasteiger charge is -2.38. The first-order valence-corrected chi connectivity index (χ1v) is 4.34. The van der Waals surface area contributed by atoms with Gasteiger partial charge in [0.15, 0.2) is 0 Å². The van der Waals surface area contributed by atoms with Crippen molar-refractivity contribution in [1.29, 1.82) is 0 Å². The average Bonchev–Trinajstić information content (AvgIpc) is 2.76. The molecule has 2 aliphatic rings. The Hall–Kier alpha value is -0.500. The fraction of sp³-hybridized carbons (Fsp3) is 0.778. The molecular weight excluding hydrogens is 136 g/mol. The molecule has 0 aromatic heterocycles. The van der Waals surface area contributed by atoms with Crippen LogP contribution in [0.2, 0.25) is 0 Å². The minimum atomic E-state index is 0.341. The highest BCUT2D eigenvalue weighted by Gasteiger charge is 2.53. The predicted molar refractivity (Wildman–Crippen MR) is 46.0 cm³/mol. The Morgan fingerprint density at radius 3 is 2.64 bits per heavy atom. The van der Waals surface area contributed by atoms with Crippen molar-refractivity contribution in [3.63, 3.8) is 0 Å². The van der Waals surface area contributed by atoms with Gasteiger partial charge in [0.25, 0.3) is 0 Å². The molecule has 0 bridgehead atoms. The van der Waals surface area contributed by atoms with Crippen LogP contribution in [0.4, 0.5) is 0 Å². The Bertz CT molecular complexity index is 194. The van der Waals surface area contributed by atoms with Crippen LogP contribution in [0.3, 0.4) is 0 Å². The molecule has 2 rings (SSSR count). The van der Waals surface area contributed by atoms with Crippen LogP contribution in [0, 0.1) is 5.92 Å². The number of nitrogens with zero attached hydrogens (tertiary/aromatic N) is 1. The Kier molecular flexibility index (Phi) is 1.31. The van der Waals surface area contributed by atoms with E-state index >= 15 is 0 Å². The molecule has 2 heteroatoms. The van der Waals surface area contributed by atoms with Crippen molar-refractivity contribution < 1.29 is 0 Å². The van der Waals surface area contributed by atoms with Crippen LogP contribution in [0.1, 0.15) is 19.8 Å². The van der Waals surface area contributed by atoms with E-state index in [9.17, 15) is 0 Å². The first-order chi connectivity index (χ1) is 5.17. The quantitative estimate of drug-likeness (QED) is 0.560. The number of rotatable bonds is 0. The summed E-state index contributed by atoms with van der Waals surface area (Å²) in [7, 11) is 2.13. The largest absolute Gasteiger partial charge is 0.373 e. The summed E-state index contributed by atoms with van der Waals surface area (Å²) in [5, 5.41) is 0. The van der Waals surface area contributed by atoms with Gasteiger partial charge in [0.05, 0.1) is 5.54 Å². The van der Waals surface area contributed by atoms with Gasteiger partial charge in [-0.15, -0.1) is 0 Å². The molecule has 0 aromatic rings. The summed E-state index contributed by atoms with van der Waals surface area (Å²) in [6.07, 6.45) is 6.94. The Balaban J connectivity index is 2.26. The van der Waals surface area contributed by atoms with E-state index in [0.717, 1.165) is 0 Å². The Labute approximate surface area is 68.1 Å². The van der Waals surface area contributed by atoms with Gasteiger partial charge in [0, 0.05) is 13.1 Å². The SMILES string of the molecule is CC1C=CN(C)C2(CC2)C1N. The molecule has 0 radical (unpaired) electrons. The van der Waals surface area contributed by atoms with Crippen molar-refractivity contribution in [3.8, 4) is 0 Å². The topological polar surface area (TPSA) is 29.3 Å². The molecule has 11 heavy (non-hydrogen) atoms. The highest BCUT2D eigenvalue weighted by atomic mass is 15.2. The highest BCUT2D eigenvalue weighted by molar-refractivity contribution is 5.19. The third-order valence-electron chi connectivity index (χ3n) is 3.26. The molecule has 0 amide bonds. The molecule has 1 heterocycles. The van der Waals surface area contributed by atoms with E-state index < -0.39 is 0 Å². The number of hydrogen-bond donors (Lipinski definition) is 1. The van der Waals surface area contributed by atoms with Gasteiger partial charge in [-0.25, -0.2) is 0 Å². The van der Waals surface area contributed by atoms with Crippen LogP contribution >= 0.6 is 0 Å². The lowest BCUT2D eigenvalue weighted by Crippen LogP contribution is -2.51. The smallest absolute Gasteiger partial charge is 0.0551 e. The Morgan fingerprint density at radius 1 is 1.55 bits per heavy atom. The molecule has 0 saturated heterocycles. The van der Waals surface area contributed by atoms with Crippen molar-refractivity contribution in [3.05, 3.63) is 12.3 Å². The summed E-state index contributed by atoms with van der Waals surface area (Å²) in [5.74, 6) is 0.550. The van der Waals surface area contributed by atoms with Gasteiger partial charge >= 0.3 is 0 Å². The van der Waals surface area contributed by atoms with E-state index in [2.05, 4.69) is 31.1 Å². The Morgan fingerprint density at radius 2 is 2.18 bits per heavy atom. The van der Waals surface area contributed by atoms with E-state index in [1.54, 1.807) is 0 Å². The molecule has 1 saturated carbocycles. The lowest BCUT2D eigenvalue weighted by atomic mass is 9.90. The zero-order chi connectivity index (χ0) is 8.06. The maximum absolute atomic E-state index is 6.12. The van der Waals surface area contributed by atoms with Gasteiger partial charge in [-0.05, 0) is 25.0 Å². The van der Waals surface area contributed by atoms with Gasteiger partial charge in [-0.3, -0.25) is 0 Å². The molecule has 0 aromatic carbocycles. The van der Waals surface area contributed by atoms with Crippen LogP contribution in [-0.2, 0) is 0 Å². The van der Waals surface area contributed by atoms with E-state index in [4.69, 9.17) is 5.73 Å². The van der Waals surface area contributed by atoms with E-state index in [1.165, 1.54) is 12.8 Å². The van der Waals surface area contributed by atoms with Crippen LogP contribution in [-0.4, -0.2) is 23.5 Å². The molecule has 2 atom stereocenters. The number of likely N-dealkylation sites (N-methyl/N-ethyl adjacent to an activating group) is 1. The fourth-order valence-electron chi connectivity index (χ4n) is 2.07. The van der Waals surface area contributed by atoms with Gasteiger partial charge in [0.2, 0.25) is 0 Å². The number of nitrogens with two attached hydrogens (primary N) is 1. The molecule has 1 aliphatic heterocycles. The lowest BCUT2D eigenvalue weighted by molar-refractivity contribution is 0.212.